The van der Waals surface area contributed by atoms with Gasteiger partial charge in [-0.2, -0.15) is 5.10 Å². The molecule has 26 heavy (non-hydrogen) atoms. The van der Waals surface area contributed by atoms with E-state index in [4.69, 9.17) is 0 Å². The van der Waals surface area contributed by atoms with Crippen molar-refractivity contribution < 1.29 is 4.79 Å². The zero-order chi connectivity index (χ0) is 18.4. The minimum absolute atomic E-state index is 0.171. The predicted molar refractivity (Wildman–Crippen MR) is 105 cm³/mol. The zero-order valence-electron chi connectivity index (χ0n) is 16.1. The second kappa shape index (κ2) is 9.02. The number of carbonyl (C=O) groups is 1. The first-order valence-corrected chi connectivity index (χ1v) is 9.97. The van der Waals surface area contributed by atoms with Crippen LogP contribution in [0.25, 0.3) is 0 Å². The van der Waals surface area contributed by atoms with Crippen LogP contribution in [0.3, 0.4) is 0 Å². The van der Waals surface area contributed by atoms with Gasteiger partial charge in [-0.1, -0.05) is 62.4 Å². The number of benzene rings is 1. The number of rotatable bonds is 7. The molecule has 0 saturated heterocycles. The maximum Gasteiger partial charge on any atom is 0.220 e. The van der Waals surface area contributed by atoms with E-state index in [0.29, 0.717) is 13.0 Å². The molecule has 0 atom stereocenters. The summed E-state index contributed by atoms with van der Waals surface area (Å²) in [6, 6.07) is 10.4. The molecule has 4 heteroatoms. The Kier molecular flexibility index (Phi) is 6.48. The van der Waals surface area contributed by atoms with E-state index in [1.807, 2.05) is 17.7 Å². The van der Waals surface area contributed by atoms with Crippen molar-refractivity contribution in [2.24, 2.45) is 5.92 Å². The molecule has 1 aliphatic rings. The van der Waals surface area contributed by atoms with Gasteiger partial charge in [0.2, 0.25) is 5.91 Å². The van der Waals surface area contributed by atoms with Crippen LogP contribution in [0.15, 0.2) is 30.3 Å². The summed E-state index contributed by atoms with van der Waals surface area (Å²) in [5, 5.41) is 7.77. The number of nitrogens with one attached hydrogen (secondary N) is 1. The first-order valence-electron chi connectivity index (χ1n) is 9.97. The molecule has 3 rings (SSSR count). The van der Waals surface area contributed by atoms with Gasteiger partial charge in [-0.05, 0) is 31.7 Å². The first-order chi connectivity index (χ1) is 12.6. The smallest absolute Gasteiger partial charge is 0.220 e. The number of carbonyl (C=O) groups excluding carboxylic acids is 1. The predicted octanol–water partition coefficient (Wildman–Crippen LogP) is 4.52. The van der Waals surface area contributed by atoms with Gasteiger partial charge < -0.3 is 5.32 Å². The van der Waals surface area contributed by atoms with Gasteiger partial charge in [0.15, 0.2) is 0 Å². The summed E-state index contributed by atoms with van der Waals surface area (Å²) >= 11 is 0. The first kappa shape index (κ1) is 18.7. The Morgan fingerprint density at radius 2 is 1.88 bits per heavy atom. The van der Waals surface area contributed by atoms with E-state index in [0.717, 1.165) is 35.8 Å². The standard InChI is InChI=1S/C22H31N3O/c1-17-21(15-23-22(26)14-13-19-9-5-3-6-10-19)18(2)25(24-17)16-20-11-7-4-8-12-20/h4,7-8,11-12,19H,3,5-6,9-10,13-16H2,1-2H3,(H,23,26). The molecule has 1 aromatic heterocycles. The molecule has 0 spiro atoms. The van der Waals surface area contributed by atoms with Crippen molar-refractivity contribution in [1.82, 2.24) is 15.1 Å². The zero-order valence-corrected chi connectivity index (χ0v) is 16.1. The summed E-state index contributed by atoms with van der Waals surface area (Å²) < 4.78 is 2.04. The highest BCUT2D eigenvalue weighted by atomic mass is 16.1. The summed E-state index contributed by atoms with van der Waals surface area (Å²) in [6.45, 7) is 5.46. The van der Waals surface area contributed by atoms with Crippen LogP contribution < -0.4 is 5.32 Å². The van der Waals surface area contributed by atoms with Gasteiger partial charge in [0.05, 0.1) is 12.2 Å². The lowest BCUT2D eigenvalue weighted by molar-refractivity contribution is -0.121. The average Bonchev–Trinajstić information content (AvgIpc) is 2.93. The molecule has 2 aromatic rings. The number of hydrogen-bond acceptors (Lipinski definition) is 2. The van der Waals surface area contributed by atoms with Crippen molar-refractivity contribution in [2.75, 3.05) is 0 Å². The second-order valence-corrected chi connectivity index (χ2v) is 7.61. The van der Waals surface area contributed by atoms with Gasteiger partial charge in [-0.15, -0.1) is 0 Å². The van der Waals surface area contributed by atoms with E-state index in [1.54, 1.807) is 0 Å². The summed E-state index contributed by atoms with van der Waals surface area (Å²) in [6.07, 6.45) is 8.35. The maximum absolute atomic E-state index is 12.2. The molecule has 0 bridgehead atoms. The molecule has 0 aliphatic heterocycles. The number of hydrogen-bond donors (Lipinski definition) is 1. The summed E-state index contributed by atoms with van der Waals surface area (Å²) in [7, 11) is 0. The Morgan fingerprint density at radius 3 is 2.62 bits per heavy atom. The second-order valence-electron chi connectivity index (χ2n) is 7.61. The molecule has 1 aliphatic carbocycles. The van der Waals surface area contributed by atoms with Crippen LogP contribution in [-0.2, 0) is 17.9 Å². The quantitative estimate of drug-likeness (QED) is 0.795. The highest BCUT2D eigenvalue weighted by molar-refractivity contribution is 5.75. The molecule has 1 aromatic carbocycles. The number of amides is 1. The van der Waals surface area contributed by atoms with Gasteiger partial charge in [0.1, 0.15) is 0 Å². The van der Waals surface area contributed by atoms with Crippen LogP contribution in [0.2, 0.25) is 0 Å². The third kappa shape index (κ3) is 4.96. The van der Waals surface area contributed by atoms with Crippen molar-refractivity contribution in [3.63, 3.8) is 0 Å². The highest BCUT2D eigenvalue weighted by Crippen LogP contribution is 2.27. The molecule has 1 amide bonds. The average molecular weight is 354 g/mol. The monoisotopic (exact) mass is 353 g/mol. The fourth-order valence-electron chi connectivity index (χ4n) is 3.99. The molecular weight excluding hydrogens is 322 g/mol. The minimum atomic E-state index is 0.171. The highest BCUT2D eigenvalue weighted by Gasteiger charge is 2.16. The van der Waals surface area contributed by atoms with Gasteiger partial charge >= 0.3 is 0 Å². The fourth-order valence-corrected chi connectivity index (χ4v) is 3.99. The van der Waals surface area contributed by atoms with Crippen molar-refractivity contribution in [3.8, 4) is 0 Å². The number of aromatic nitrogens is 2. The molecule has 4 nitrogen and oxygen atoms in total. The van der Waals surface area contributed by atoms with E-state index in [2.05, 4.69) is 41.6 Å². The molecule has 140 valence electrons. The summed E-state index contributed by atoms with van der Waals surface area (Å²) in [5.74, 6) is 0.928. The Balaban J connectivity index is 1.52. The molecule has 0 radical (unpaired) electrons. The van der Waals surface area contributed by atoms with E-state index in [9.17, 15) is 4.79 Å². The van der Waals surface area contributed by atoms with Gasteiger partial charge in [0, 0.05) is 24.2 Å². The largest absolute Gasteiger partial charge is 0.352 e. The Labute approximate surface area is 157 Å². The normalized spacial score (nSPS) is 15.2. The third-order valence-corrected chi connectivity index (χ3v) is 5.67. The van der Waals surface area contributed by atoms with Crippen molar-refractivity contribution in [2.45, 2.75) is 71.9 Å². The molecule has 1 fully saturated rings. The molecule has 1 N–H and O–H groups in total. The van der Waals surface area contributed by atoms with Crippen LogP contribution in [0, 0.1) is 19.8 Å². The third-order valence-electron chi connectivity index (χ3n) is 5.67. The Bertz CT molecular complexity index is 714. The molecule has 1 saturated carbocycles. The SMILES string of the molecule is Cc1nn(Cc2ccccc2)c(C)c1CNC(=O)CCC1CCCCC1. The molecular formula is C22H31N3O. The van der Waals surface area contributed by atoms with Gasteiger partial charge in [-0.3, -0.25) is 9.48 Å². The van der Waals surface area contributed by atoms with Crippen LogP contribution in [0.5, 0.6) is 0 Å². The summed E-state index contributed by atoms with van der Waals surface area (Å²) in [4.78, 5) is 12.2. The minimum Gasteiger partial charge on any atom is -0.352 e. The fraction of sp³-hybridized carbons (Fsp3) is 0.545. The number of nitrogens with zero attached hydrogens (tertiary/aromatic N) is 2. The van der Waals surface area contributed by atoms with Crippen LogP contribution in [-0.4, -0.2) is 15.7 Å². The van der Waals surface area contributed by atoms with Crippen molar-refractivity contribution >= 4 is 5.91 Å². The van der Waals surface area contributed by atoms with Crippen LogP contribution >= 0.6 is 0 Å². The molecule has 0 unspecified atom stereocenters. The van der Waals surface area contributed by atoms with Crippen LogP contribution in [0.4, 0.5) is 0 Å². The van der Waals surface area contributed by atoms with Gasteiger partial charge in [-0.25, -0.2) is 0 Å². The Morgan fingerprint density at radius 1 is 1.15 bits per heavy atom. The summed E-state index contributed by atoms with van der Waals surface area (Å²) in [5.41, 5.74) is 4.53. The van der Waals surface area contributed by atoms with Crippen LogP contribution in [0.1, 0.15) is 67.5 Å². The van der Waals surface area contributed by atoms with Crippen molar-refractivity contribution in [1.29, 1.82) is 0 Å². The van der Waals surface area contributed by atoms with E-state index >= 15 is 0 Å². The van der Waals surface area contributed by atoms with Crippen molar-refractivity contribution in [3.05, 3.63) is 52.8 Å². The lowest BCUT2D eigenvalue weighted by Gasteiger charge is -2.21. The van der Waals surface area contributed by atoms with Gasteiger partial charge in [0.25, 0.3) is 0 Å². The van der Waals surface area contributed by atoms with E-state index < -0.39 is 0 Å². The molecule has 1 heterocycles. The maximum atomic E-state index is 12.2. The number of aryl methyl sites for hydroxylation is 1. The Hall–Kier alpha value is -2.10. The van der Waals surface area contributed by atoms with E-state index in [-0.39, 0.29) is 5.91 Å². The topological polar surface area (TPSA) is 46.9 Å². The lowest BCUT2D eigenvalue weighted by atomic mass is 9.86. The lowest BCUT2D eigenvalue weighted by Crippen LogP contribution is -2.24. The van der Waals surface area contributed by atoms with E-state index in [1.165, 1.54) is 37.7 Å².